The third kappa shape index (κ3) is 6.95. The highest BCUT2D eigenvalue weighted by Gasteiger charge is 2.30. The highest BCUT2D eigenvalue weighted by atomic mass is 79.9. The summed E-state index contributed by atoms with van der Waals surface area (Å²) in [4.78, 5) is 27.3. The van der Waals surface area contributed by atoms with E-state index in [2.05, 4.69) is 21.2 Å². The number of benzene rings is 2. The van der Waals surface area contributed by atoms with E-state index in [1.165, 1.54) is 4.90 Å². The van der Waals surface area contributed by atoms with Gasteiger partial charge in [0.05, 0.1) is 11.9 Å². The first-order valence-corrected chi connectivity index (χ1v) is 13.0. The Morgan fingerprint density at radius 2 is 1.88 bits per heavy atom. The number of sulfonamides is 1. The van der Waals surface area contributed by atoms with Gasteiger partial charge >= 0.3 is 0 Å². The van der Waals surface area contributed by atoms with Crippen LogP contribution in [-0.4, -0.2) is 50.5 Å². The number of hydrogen-bond donors (Lipinski definition) is 1. The summed E-state index contributed by atoms with van der Waals surface area (Å²) in [5, 5.41) is 3.18. The Labute approximate surface area is 202 Å². The smallest absolute Gasteiger partial charge is 0.244 e. The Hall–Kier alpha value is -2.10. The van der Waals surface area contributed by atoms with Gasteiger partial charge in [-0.1, -0.05) is 39.7 Å². The summed E-state index contributed by atoms with van der Waals surface area (Å²) in [6, 6.07) is 11.4. The maximum Gasteiger partial charge on any atom is 0.244 e. The van der Waals surface area contributed by atoms with E-state index in [0.717, 1.165) is 20.6 Å². The zero-order valence-electron chi connectivity index (χ0n) is 18.4. The van der Waals surface area contributed by atoms with Crippen molar-refractivity contribution >= 4 is 55.1 Å². The Morgan fingerprint density at radius 1 is 1.19 bits per heavy atom. The van der Waals surface area contributed by atoms with Gasteiger partial charge in [-0.2, -0.15) is 0 Å². The zero-order chi connectivity index (χ0) is 24.1. The number of hydrogen-bond acceptors (Lipinski definition) is 4. The number of rotatable bonds is 9. The molecule has 0 radical (unpaired) electrons. The van der Waals surface area contributed by atoms with Crippen LogP contribution in [0.4, 0.5) is 5.69 Å². The first-order valence-electron chi connectivity index (χ1n) is 9.99. The van der Waals surface area contributed by atoms with Crippen LogP contribution in [0.3, 0.4) is 0 Å². The lowest BCUT2D eigenvalue weighted by Crippen LogP contribution is -2.51. The number of halogens is 2. The summed E-state index contributed by atoms with van der Waals surface area (Å²) < 4.78 is 27.0. The molecule has 2 aromatic carbocycles. The number of nitrogens with zero attached hydrogens (tertiary/aromatic N) is 2. The molecule has 0 fully saturated rings. The second-order valence-electron chi connectivity index (χ2n) is 7.42. The summed E-state index contributed by atoms with van der Waals surface area (Å²) in [5.74, 6) is -0.812. The van der Waals surface area contributed by atoms with E-state index < -0.39 is 28.5 Å². The number of amides is 2. The minimum absolute atomic E-state index is 0.147. The highest BCUT2D eigenvalue weighted by molar-refractivity contribution is 9.10. The molecule has 2 aromatic rings. The van der Waals surface area contributed by atoms with Gasteiger partial charge in [-0.3, -0.25) is 13.9 Å². The van der Waals surface area contributed by atoms with Gasteiger partial charge in [0.25, 0.3) is 0 Å². The van der Waals surface area contributed by atoms with Gasteiger partial charge in [0.15, 0.2) is 0 Å². The Bertz CT molecular complexity index is 1090. The first kappa shape index (κ1) is 26.2. The van der Waals surface area contributed by atoms with Crippen molar-refractivity contribution in [3.05, 3.63) is 63.1 Å². The van der Waals surface area contributed by atoms with E-state index in [1.807, 2.05) is 24.3 Å². The van der Waals surface area contributed by atoms with Gasteiger partial charge in [0.2, 0.25) is 21.8 Å². The van der Waals surface area contributed by atoms with Gasteiger partial charge in [0.1, 0.15) is 12.6 Å². The third-order valence-electron chi connectivity index (χ3n) is 4.87. The van der Waals surface area contributed by atoms with Gasteiger partial charge in [0, 0.05) is 22.6 Å². The fourth-order valence-corrected chi connectivity index (χ4v) is 4.81. The minimum Gasteiger partial charge on any atom is -0.355 e. The topological polar surface area (TPSA) is 86.8 Å². The fraction of sp³-hybridized carbons (Fsp3) is 0.364. The Balaban J connectivity index is 2.42. The molecular formula is C22H27BrClN3O4S. The molecule has 0 bridgehead atoms. The molecule has 0 heterocycles. The second kappa shape index (κ2) is 11.2. The largest absolute Gasteiger partial charge is 0.355 e. The van der Waals surface area contributed by atoms with Crippen molar-refractivity contribution in [3.8, 4) is 0 Å². The summed E-state index contributed by atoms with van der Waals surface area (Å²) in [6.07, 6.45) is 1.04. The average molecular weight is 545 g/mol. The Kier molecular flexibility index (Phi) is 9.12. The molecule has 0 aromatic heterocycles. The van der Waals surface area contributed by atoms with E-state index in [4.69, 9.17) is 11.6 Å². The van der Waals surface area contributed by atoms with Crippen LogP contribution in [-0.2, 0) is 26.2 Å². The van der Waals surface area contributed by atoms with Crippen molar-refractivity contribution in [1.29, 1.82) is 0 Å². The predicted octanol–water partition coefficient (Wildman–Crippen LogP) is 3.73. The molecule has 1 atom stereocenters. The van der Waals surface area contributed by atoms with E-state index in [0.29, 0.717) is 22.8 Å². The van der Waals surface area contributed by atoms with Crippen LogP contribution in [0.5, 0.6) is 0 Å². The van der Waals surface area contributed by atoms with Gasteiger partial charge in [-0.25, -0.2) is 8.42 Å². The van der Waals surface area contributed by atoms with Crippen LogP contribution in [0, 0.1) is 6.92 Å². The number of aryl methyl sites for hydroxylation is 1. The monoisotopic (exact) mass is 543 g/mol. The first-order chi connectivity index (χ1) is 14.9. The molecular weight excluding hydrogens is 518 g/mol. The minimum atomic E-state index is -3.78. The number of nitrogens with one attached hydrogen (secondary N) is 1. The van der Waals surface area contributed by atoms with Crippen LogP contribution in [0.15, 0.2) is 46.9 Å². The molecule has 0 unspecified atom stereocenters. The van der Waals surface area contributed by atoms with Crippen LogP contribution >= 0.6 is 27.5 Å². The molecule has 2 amide bonds. The lowest BCUT2D eigenvalue weighted by Gasteiger charge is -2.32. The van der Waals surface area contributed by atoms with Crippen LogP contribution < -0.4 is 9.62 Å². The lowest BCUT2D eigenvalue weighted by molar-refractivity contribution is -0.139. The molecule has 1 N–H and O–H groups in total. The van der Waals surface area contributed by atoms with Crippen molar-refractivity contribution in [2.45, 2.75) is 33.4 Å². The average Bonchev–Trinajstić information content (AvgIpc) is 2.69. The van der Waals surface area contributed by atoms with Crippen LogP contribution in [0.25, 0.3) is 0 Å². The number of carbonyl (C=O) groups is 2. The van der Waals surface area contributed by atoms with Crippen LogP contribution in [0.2, 0.25) is 5.02 Å². The van der Waals surface area contributed by atoms with Crippen molar-refractivity contribution in [3.63, 3.8) is 0 Å². The zero-order valence-corrected chi connectivity index (χ0v) is 21.6. The molecule has 2 rings (SSSR count). The Morgan fingerprint density at radius 3 is 2.44 bits per heavy atom. The van der Waals surface area contributed by atoms with Crippen molar-refractivity contribution in [1.82, 2.24) is 10.2 Å². The van der Waals surface area contributed by atoms with Gasteiger partial charge in [-0.05, 0) is 62.2 Å². The van der Waals surface area contributed by atoms with Crippen LogP contribution in [0.1, 0.15) is 25.0 Å². The van der Waals surface area contributed by atoms with E-state index in [1.54, 1.807) is 39.0 Å². The van der Waals surface area contributed by atoms with Gasteiger partial charge < -0.3 is 10.2 Å². The molecule has 10 heteroatoms. The predicted molar refractivity (Wildman–Crippen MR) is 131 cm³/mol. The molecule has 0 aliphatic heterocycles. The maximum atomic E-state index is 13.4. The molecule has 174 valence electrons. The summed E-state index contributed by atoms with van der Waals surface area (Å²) in [7, 11) is -3.78. The van der Waals surface area contributed by atoms with Crippen molar-refractivity contribution in [2.75, 3.05) is 23.7 Å². The third-order valence-corrected chi connectivity index (χ3v) is 6.72. The maximum absolute atomic E-state index is 13.4. The molecule has 7 nitrogen and oxygen atoms in total. The van der Waals surface area contributed by atoms with Crippen molar-refractivity contribution in [2.24, 2.45) is 0 Å². The second-order valence-corrected chi connectivity index (χ2v) is 10.7. The van der Waals surface area contributed by atoms with Crippen molar-refractivity contribution < 1.29 is 18.0 Å². The molecule has 0 spiro atoms. The SMILES string of the molecule is CCNC(=O)[C@H](C)N(Cc1cccc(Br)c1)C(=O)CN(c1ccc(Cl)cc1C)S(C)(=O)=O. The molecule has 32 heavy (non-hydrogen) atoms. The molecule has 0 aliphatic carbocycles. The normalized spacial score (nSPS) is 12.2. The van der Waals surface area contributed by atoms with E-state index in [-0.39, 0.29) is 12.5 Å². The summed E-state index contributed by atoms with van der Waals surface area (Å²) >= 11 is 9.42. The van der Waals surface area contributed by atoms with E-state index in [9.17, 15) is 18.0 Å². The number of likely N-dealkylation sites (N-methyl/N-ethyl adjacent to an activating group) is 1. The number of carbonyl (C=O) groups excluding carboxylic acids is 2. The fourth-order valence-electron chi connectivity index (χ4n) is 3.23. The molecule has 0 saturated heterocycles. The van der Waals surface area contributed by atoms with E-state index >= 15 is 0 Å². The highest BCUT2D eigenvalue weighted by Crippen LogP contribution is 2.26. The summed E-state index contributed by atoms with van der Waals surface area (Å²) in [6.45, 7) is 5.26. The molecule has 0 saturated carbocycles. The quantitative estimate of drug-likeness (QED) is 0.521. The lowest BCUT2D eigenvalue weighted by atomic mass is 10.1. The molecule has 0 aliphatic rings. The standard InChI is InChI=1S/C22H27BrClN3O4S/c1-5-25-22(29)16(3)26(13-17-7-6-8-18(23)12-17)21(28)14-27(32(4,30)31)20-10-9-19(24)11-15(20)2/h6-12,16H,5,13-14H2,1-4H3,(H,25,29)/t16-/m0/s1. The van der Waals surface area contributed by atoms with Gasteiger partial charge in [-0.15, -0.1) is 0 Å². The number of anilines is 1. The summed E-state index contributed by atoms with van der Waals surface area (Å²) in [5.41, 5.74) is 1.78.